The van der Waals surface area contributed by atoms with Crippen molar-refractivity contribution >= 4 is 11.6 Å². The number of carbonyl (C=O) groups is 1. The van der Waals surface area contributed by atoms with E-state index in [1.54, 1.807) is 37.3 Å². The van der Waals surface area contributed by atoms with Crippen molar-refractivity contribution in [2.24, 2.45) is 0 Å². The minimum absolute atomic E-state index is 0.140. The van der Waals surface area contributed by atoms with Crippen LogP contribution in [0.2, 0.25) is 0 Å². The predicted octanol–water partition coefficient (Wildman–Crippen LogP) is 5.02. The highest BCUT2D eigenvalue weighted by Gasteiger charge is 2.33. The van der Waals surface area contributed by atoms with E-state index < -0.39 is 11.6 Å². The molecule has 1 fully saturated rings. The first-order valence-electron chi connectivity index (χ1n) is 13.7. The summed E-state index contributed by atoms with van der Waals surface area (Å²) in [6.45, 7) is 3.36. The van der Waals surface area contributed by atoms with E-state index in [1.165, 1.54) is 18.2 Å². The number of hydrogen-bond acceptors (Lipinski definition) is 7. The van der Waals surface area contributed by atoms with Crippen LogP contribution < -0.4 is 14.4 Å². The standard InChI is InChI=1S/C32H30F2N4O4/c1-40-24-9-6-20(29(16-24)41-2)18-38-19-28-30(32(38)39)21(15-27(36-28)31-25(33)4-3-5-26(31)34)14-22-7-8-23(17-35-22)37-10-12-42-13-11-37/h3-9,15-17H,10-14,18-19H2,1-2H3. The van der Waals surface area contributed by atoms with Crippen molar-refractivity contribution in [2.75, 3.05) is 45.4 Å². The van der Waals surface area contributed by atoms with Crippen LogP contribution in [0.5, 0.6) is 11.5 Å². The van der Waals surface area contributed by atoms with Crippen molar-refractivity contribution in [1.29, 1.82) is 0 Å². The van der Waals surface area contributed by atoms with Gasteiger partial charge in [-0.05, 0) is 48.0 Å². The fourth-order valence-corrected chi connectivity index (χ4v) is 5.49. The highest BCUT2D eigenvalue weighted by molar-refractivity contribution is 5.99. The van der Waals surface area contributed by atoms with Gasteiger partial charge in [0, 0.05) is 36.8 Å². The third kappa shape index (κ3) is 5.37. The first-order chi connectivity index (χ1) is 20.4. The third-order valence-corrected chi connectivity index (χ3v) is 7.65. The van der Waals surface area contributed by atoms with Gasteiger partial charge in [0.15, 0.2) is 0 Å². The van der Waals surface area contributed by atoms with E-state index in [0.29, 0.717) is 48.0 Å². The Morgan fingerprint density at radius 3 is 2.40 bits per heavy atom. The van der Waals surface area contributed by atoms with Gasteiger partial charge >= 0.3 is 0 Å². The van der Waals surface area contributed by atoms with Gasteiger partial charge in [0.2, 0.25) is 0 Å². The molecular weight excluding hydrogens is 542 g/mol. The molecule has 0 saturated carbocycles. The molecule has 8 nitrogen and oxygen atoms in total. The molecule has 2 aliphatic heterocycles. The molecule has 2 aliphatic rings. The third-order valence-electron chi connectivity index (χ3n) is 7.65. The monoisotopic (exact) mass is 572 g/mol. The van der Waals surface area contributed by atoms with E-state index in [0.717, 1.165) is 30.0 Å². The lowest BCUT2D eigenvalue weighted by Gasteiger charge is -2.28. The molecule has 0 atom stereocenters. The van der Waals surface area contributed by atoms with Gasteiger partial charge < -0.3 is 24.0 Å². The lowest BCUT2D eigenvalue weighted by Crippen LogP contribution is -2.36. The molecule has 42 heavy (non-hydrogen) atoms. The summed E-state index contributed by atoms with van der Waals surface area (Å²) in [5.41, 5.74) is 3.94. The number of halogens is 2. The number of methoxy groups -OCH3 is 2. The average Bonchev–Trinajstić information content (AvgIpc) is 3.32. The molecule has 2 aromatic heterocycles. The fraction of sp³-hybridized carbons (Fsp3) is 0.281. The Kier molecular flexibility index (Phi) is 7.71. The number of rotatable bonds is 8. The van der Waals surface area contributed by atoms with E-state index in [4.69, 9.17) is 14.2 Å². The van der Waals surface area contributed by atoms with Gasteiger partial charge in [0.25, 0.3) is 5.91 Å². The number of morpholine rings is 1. The Hall–Kier alpha value is -4.57. The molecule has 4 heterocycles. The van der Waals surface area contributed by atoms with E-state index in [2.05, 4.69) is 14.9 Å². The number of ether oxygens (including phenoxy) is 3. The molecule has 4 aromatic rings. The largest absolute Gasteiger partial charge is 0.497 e. The first kappa shape index (κ1) is 27.6. The topological polar surface area (TPSA) is 77.0 Å². The van der Waals surface area contributed by atoms with Crippen molar-refractivity contribution < 1.29 is 27.8 Å². The van der Waals surface area contributed by atoms with E-state index in [-0.39, 0.29) is 30.3 Å². The maximum atomic E-state index is 14.8. The number of pyridine rings is 2. The lowest BCUT2D eigenvalue weighted by atomic mass is 9.98. The maximum Gasteiger partial charge on any atom is 0.256 e. The molecule has 0 spiro atoms. The molecule has 0 bridgehead atoms. The Labute approximate surface area is 242 Å². The summed E-state index contributed by atoms with van der Waals surface area (Å²) in [5.74, 6) is -0.420. The molecule has 216 valence electrons. The predicted molar refractivity (Wildman–Crippen MR) is 153 cm³/mol. The van der Waals surface area contributed by atoms with Crippen LogP contribution in [0, 0.1) is 11.6 Å². The number of fused-ring (bicyclic) bond motifs is 1. The summed E-state index contributed by atoms with van der Waals surface area (Å²) in [6, 6.07) is 14.7. The summed E-state index contributed by atoms with van der Waals surface area (Å²) in [6.07, 6.45) is 2.10. The Morgan fingerprint density at radius 2 is 1.71 bits per heavy atom. The molecule has 1 amide bonds. The van der Waals surface area contributed by atoms with Crippen molar-refractivity contribution in [2.45, 2.75) is 19.5 Å². The first-order valence-corrected chi connectivity index (χ1v) is 13.7. The number of aromatic nitrogens is 2. The average molecular weight is 573 g/mol. The van der Waals surface area contributed by atoms with Crippen LogP contribution >= 0.6 is 0 Å². The molecule has 2 aromatic carbocycles. The number of hydrogen-bond donors (Lipinski definition) is 0. The number of carbonyl (C=O) groups excluding carboxylic acids is 1. The number of anilines is 1. The van der Waals surface area contributed by atoms with Gasteiger partial charge in [-0.1, -0.05) is 6.07 Å². The van der Waals surface area contributed by atoms with Crippen molar-refractivity contribution in [3.05, 3.63) is 101 Å². The molecule has 0 unspecified atom stereocenters. The number of amides is 1. The molecule has 1 saturated heterocycles. The van der Waals surface area contributed by atoms with Crippen molar-refractivity contribution in [1.82, 2.24) is 14.9 Å². The maximum absolute atomic E-state index is 14.8. The smallest absolute Gasteiger partial charge is 0.256 e. The minimum atomic E-state index is -0.717. The Bertz CT molecular complexity index is 1600. The Balaban J connectivity index is 1.35. The van der Waals surface area contributed by atoms with E-state index in [1.807, 2.05) is 24.4 Å². The normalized spacial score (nSPS) is 14.7. The Morgan fingerprint density at radius 1 is 0.929 bits per heavy atom. The van der Waals surface area contributed by atoms with Gasteiger partial charge in [0.1, 0.15) is 23.1 Å². The van der Waals surface area contributed by atoms with E-state index in [9.17, 15) is 13.6 Å². The van der Waals surface area contributed by atoms with Gasteiger partial charge in [0.05, 0.1) is 74.9 Å². The van der Waals surface area contributed by atoms with E-state index >= 15 is 0 Å². The van der Waals surface area contributed by atoms with Crippen LogP contribution in [0.3, 0.4) is 0 Å². The van der Waals surface area contributed by atoms with Crippen LogP contribution in [0.25, 0.3) is 11.3 Å². The van der Waals surface area contributed by atoms with Crippen LogP contribution in [0.4, 0.5) is 14.5 Å². The van der Waals surface area contributed by atoms with Gasteiger partial charge in [-0.3, -0.25) is 9.78 Å². The highest BCUT2D eigenvalue weighted by Crippen LogP contribution is 2.35. The molecular formula is C32H30F2N4O4. The zero-order valence-electron chi connectivity index (χ0n) is 23.4. The second-order valence-corrected chi connectivity index (χ2v) is 10.2. The second kappa shape index (κ2) is 11.7. The summed E-state index contributed by atoms with van der Waals surface area (Å²) in [4.78, 5) is 26.9. The lowest BCUT2D eigenvalue weighted by molar-refractivity contribution is 0.0764. The van der Waals surface area contributed by atoms with Crippen LogP contribution in [0.15, 0.2) is 60.8 Å². The zero-order chi connectivity index (χ0) is 29.2. The van der Waals surface area contributed by atoms with Crippen molar-refractivity contribution in [3.63, 3.8) is 0 Å². The number of benzene rings is 2. The van der Waals surface area contributed by atoms with Gasteiger partial charge in [-0.15, -0.1) is 0 Å². The summed E-state index contributed by atoms with van der Waals surface area (Å²) >= 11 is 0. The van der Waals surface area contributed by atoms with Gasteiger partial charge in [-0.25, -0.2) is 13.8 Å². The zero-order valence-corrected chi connectivity index (χ0v) is 23.4. The quantitative estimate of drug-likeness (QED) is 0.293. The van der Waals surface area contributed by atoms with Gasteiger partial charge in [-0.2, -0.15) is 0 Å². The summed E-state index contributed by atoms with van der Waals surface area (Å²) in [5, 5.41) is 0. The van der Waals surface area contributed by atoms with Crippen LogP contribution in [-0.2, 0) is 24.2 Å². The van der Waals surface area contributed by atoms with Crippen LogP contribution in [-0.4, -0.2) is 61.3 Å². The fourth-order valence-electron chi connectivity index (χ4n) is 5.49. The van der Waals surface area contributed by atoms with Crippen LogP contribution in [0.1, 0.15) is 32.9 Å². The SMILES string of the molecule is COc1ccc(CN2Cc3nc(-c4c(F)cccc4F)cc(Cc4ccc(N5CCOCC5)cn4)c3C2=O)c(OC)c1. The second-order valence-electron chi connectivity index (χ2n) is 10.2. The molecule has 10 heteroatoms. The highest BCUT2D eigenvalue weighted by atomic mass is 19.1. The molecule has 0 aliphatic carbocycles. The minimum Gasteiger partial charge on any atom is -0.497 e. The molecule has 6 rings (SSSR count). The molecule has 0 N–H and O–H groups in total. The number of nitrogens with zero attached hydrogens (tertiary/aromatic N) is 4. The van der Waals surface area contributed by atoms with Crippen molar-refractivity contribution in [3.8, 4) is 22.8 Å². The summed E-state index contributed by atoms with van der Waals surface area (Å²) < 4.78 is 46.0. The summed E-state index contributed by atoms with van der Waals surface area (Å²) in [7, 11) is 3.13. The molecule has 0 radical (unpaired) electrons.